The Kier molecular flexibility index (Phi) is 4.01. The van der Waals surface area contributed by atoms with Gasteiger partial charge in [0.25, 0.3) is 0 Å². The van der Waals surface area contributed by atoms with Crippen molar-refractivity contribution in [2.24, 2.45) is 34.5 Å². The number of aliphatic hydroxyl groups is 2. The van der Waals surface area contributed by atoms with Gasteiger partial charge in [-0.15, -0.1) is 0 Å². The van der Waals surface area contributed by atoms with Crippen LogP contribution in [0, 0.1) is 34.5 Å². The number of hydrogen-bond donors (Lipinski definition) is 2. The predicted octanol–water partition coefficient (Wildman–Crippen LogP) is 2.78. The van der Waals surface area contributed by atoms with Crippen LogP contribution in [0.2, 0.25) is 0 Å². The van der Waals surface area contributed by atoms with Crippen molar-refractivity contribution in [3.05, 3.63) is 11.6 Å². The molecule has 2 N–H and O–H groups in total. The van der Waals surface area contributed by atoms with Crippen LogP contribution in [-0.4, -0.2) is 34.5 Å². The Balaban J connectivity index is 0.00000196. The van der Waals surface area contributed by atoms with E-state index in [4.69, 9.17) is 0 Å². The summed E-state index contributed by atoms with van der Waals surface area (Å²) in [5, 5.41) is 20.5. The number of carbonyl (C=O) groups excluding carboxylic acids is 2. The summed E-state index contributed by atoms with van der Waals surface area (Å²) in [4.78, 5) is 24.2. The van der Waals surface area contributed by atoms with Gasteiger partial charge in [-0.1, -0.05) is 19.4 Å². The lowest BCUT2D eigenvalue weighted by atomic mass is 9.46. The summed E-state index contributed by atoms with van der Waals surface area (Å²) in [5.74, 6) is 1.12. The van der Waals surface area contributed by atoms with Crippen LogP contribution in [0.15, 0.2) is 11.6 Å². The lowest BCUT2D eigenvalue weighted by Crippen LogP contribution is -2.57. The fourth-order valence-electron chi connectivity index (χ4n) is 7.33. The molecular weight excluding hydrogens is 316 g/mol. The Morgan fingerprint density at radius 1 is 1.28 bits per heavy atom. The van der Waals surface area contributed by atoms with Gasteiger partial charge < -0.3 is 10.2 Å². The summed E-state index contributed by atoms with van der Waals surface area (Å²) < 4.78 is 0. The van der Waals surface area contributed by atoms with Crippen molar-refractivity contribution in [2.75, 3.05) is 6.61 Å². The van der Waals surface area contributed by atoms with E-state index in [1.165, 1.54) is 5.57 Å². The topological polar surface area (TPSA) is 74.6 Å². The average molecular weight is 347 g/mol. The molecule has 7 atom stereocenters. The van der Waals surface area contributed by atoms with Gasteiger partial charge in [-0.25, -0.2) is 0 Å². The molecule has 0 radical (unpaired) electrons. The van der Waals surface area contributed by atoms with E-state index in [-0.39, 0.29) is 42.3 Å². The predicted molar refractivity (Wildman–Crippen MR) is 94.8 cm³/mol. The molecule has 0 bridgehead atoms. The number of Topliss-reactive ketones (excluding diaryl/α,β-unsaturated/α-hetero) is 1. The molecule has 0 spiro atoms. The van der Waals surface area contributed by atoms with Crippen molar-refractivity contribution >= 4 is 11.6 Å². The van der Waals surface area contributed by atoms with E-state index in [0.717, 1.165) is 32.1 Å². The van der Waals surface area contributed by atoms with Crippen LogP contribution >= 0.6 is 0 Å². The van der Waals surface area contributed by atoms with Crippen LogP contribution in [0.4, 0.5) is 0 Å². The molecule has 0 aromatic heterocycles. The molecule has 4 aliphatic rings. The Hall–Kier alpha value is -1.00. The number of carbonyl (C=O) groups is 2. The standard InChI is InChI=1S/C21H30O4/c1-20-8-7-13(23)9-12(20)3-4-14-15-5-6-16(18(25)11-22)21(15,2)10-17(24)19(14)20/h9,14-17,19,22,24H,3-8,10-11H2,1-2H3/p+1/t14-,15-,16+,17-,19+,20-,21-/m0/s1. The molecule has 138 valence electrons. The fourth-order valence-corrected chi connectivity index (χ4v) is 7.33. The van der Waals surface area contributed by atoms with Crippen LogP contribution in [0.25, 0.3) is 0 Å². The highest BCUT2D eigenvalue weighted by Crippen LogP contribution is 2.66. The lowest BCUT2D eigenvalue weighted by molar-refractivity contribution is -0.146. The zero-order valence-corrected chi connectivity index (χ0v) is 15.3. The maximum absolute atomic E-state index is 12.3. The molecule has 4 rings (SSSR count). The average Bonchev–Trinajstić information content (AvgIpc) is 2.91. The smallest absolute Gasteiger partial charge is 0.393 e. The second-order valence-electron chi connectivity index (χ2n) is 9.42. The van der Waals surface area contributed by atoms with Crippen LogP contribution < -0.4 is 0 Å². The number of aliphatic hydroxyl groups excluding tert-OH is 2. The maximum Gasteiger partial charge on any atom is 1.00 e. The van der Waals surface area contributed by atoms with Gasteiger partial charge in [0.15, 0.2) is 11.6 Å². The second-order valence-corrected chi connectivity index (χ2v) is 9.42. The molecule has 3 fully saturated rings. The molecule has 0 aliphatic heterocycles. The molecule has 3 saturated carbocycles. The Labute approximate surface area is 151 Å². The maximum atomic E-state index is 12.3. The van der Waals surface area contributed by atoms with Gasteiger partial charge in [-0.05, 0) is 73.2 Å². The fraction of sp³-hybridized carbons (Fsp3) is 0.810. The van der Waals surface area contributed by atoms with Gasteiger partial charge in [0.2, 0.25) is 0 Å². The lowest BCUT2D eigenvalue weighted by Gasteiger charge is -2.59. The summed E-state index contributed by atoms with van der Waals surface area (Å²) >= 11 is 0. The third-order valence-corrected chi connectivity index (χ3v) is 8.44. The van der Waals surface area contributed by atoms with Crippen LogP contribution in [0.1, 0.15) is 60.2 Å². The molecule has 4 aliphatic carbocycles. The largest absolute Gasteiger partial charge is 1.00 e. The molecule has 0 aromatic carbocycles. The van der Waals surface area contributed by atoms with Crippen molar-refractivity contribution in [3.63, 3.8) is 0 Å². The second kappa shape index (κ2) is 5.75. The third-order valence-electron chi connectivity index (χ3n) is 8.44. The van der Waals surface area contributed by atoms with Crippen LogP contribution in [0.3, 0.4) is 0 Å². The third kappa shape index (κ3) is 2.33. The molecular formula is C21H31O4+. The molecule has 0 heterocycles. The number of ketones is 2. The first kappa shape index (κ1) is 17.4. The Bertz CT molecular complexity index is 644. The van der Waals surface area contributed by atoms with Gasteiger partial charge in [-0.3, -0.25) is 9.59 Å². The minimum absolute atomic E-state index is 0. The van der Waals surface area contributed by atoms with Gasteiger partial charge >= 0.3 is 1.43 Å². The molecule has 0 unspecified atom stereocenters. The van der Waals surface area contributed by atoms with E-state index in [1.54, 1.807) is 0 Å². The van der Waals surface area contributed by atoms with E-state index in [2.05, 4.69) is 13.8 Å². The summed E-state index contributed by atoms with van der Waals surface area (Å²) in [7, 11) is 0. The first-order chi connectivity index (χ1) is 11.8. The highest BCUT2D eigenvalue weighted by atomic mass is 16.3. The van der Waals surface area contributed by atoms with E-state index >= 15 is 0 Å². The monoisotopic (exact) mass is 347 g/mol. The zero-order valence-electron chi connectivity index (χ0n) is 16.3. The van der Waals surface area contributed by atoms with Gasteiger partial charge in [0.05, 0.1) is 6.10 Å². The zero-order chi connectivity index (χ0) is 18.0. The summed E-state index contributed by atoms with van der Waals surface area (Å²) in [6.45, 7) is 4.03. The summed E-state index contributed by atoms with van der Waals surface area (Å²) in [6.07, 6.45) is 7.32. The van der Waals surface area contributed by atoms with Gasteiger partial charge in [0.1, 0.15) is 6.61 Å². The first-order valence-corrected chi connectivity index (χ1v) is 9.87. The van der Waals surface area contributed by atoms with Crippen molar-refractivity contribution in [1.82, 2.24) is 0 Å². The molecule has 4 nitrogen and oxygen atoms in total. The quantitative estimate of drug-likeness (QED) is 0.805. The number of rotatable bonds is 2. The summed E-state index contributed by atoms with van der Waals surface area (Å²) in [6, 6.07) is 0. The SMILES string of the molecule is C[C@]12C[C@H](O)[C@H]3[C@@H](CCC4=CC(=O)CC[C@@]43C)[C@@H]1CC[C@@H]2C(=O)CO.[H+]. The van der Waals surface area contributed by atoms with Crippen molar-refractivity contribution in [3.8, 4) is 0 Å². The van der Waals surface area contributed by atoms with E-state index in [9.17, 15) is 19.8 Å². The Morgan fingerprint density at radius 2 is 2.04 bits per heavy atom. The number of hydrogen-bond acceptors (Lipinski definition) is 4. The van der Waals surface area contributed by atoms with Gasteiger partial charge in [-0.2, -0.15) is 0 Å². The van der Waals surface area contributed by atoms with E-state index in [1.807, 2.05) is 6.08 Å². The van der Waals surface area contributed by atoms with Crippen LogP contribution in [0.5, 0.6) is 0 Å². The minimum atomic E-state index is -0.430. The molecule has 0 amide bonds. The highest BCUT2D eigenvalue weighted by Gasteiger charge is 2.62. The molecule has 0 saturated heterocycles. The van der Waals surface area contributed by atoms with Crippen LogP contribution in [-0.2, 0) is 9.59 Å². The highest BCUT2D eigenvalue weighted by molar-refractivity contribution is 5.91. The van der Waals surface area contributed by atoms with Gasteiger partial charge in [0, 0.05) is 12.3 Å². The van der Waals surface area contributed by atoms with Crippen molar-refractivity contribution in [2.45, 2.75) is 64.9 Å². The van der Waals surface area contributed by atoms with Crippen molar-refractivity contribution in [1.29, 1.82) is 0 Å². The minimum Gasteiger partial charge on any atom is -0.393 e. The molecule has 0 aromatic rings. The normalized spacial score (nSPS) is 49.0. The van der Waals surface area contributed by atoms with Crippen molar-refractivity contribution < 1.29 is 21.2 Å². The number of allylic oxidation sites excluding steroid dienone is 1. The Morgan fingerprint density at radius 3 is 2.76 bits per heavy atom. The van der Waals surface area contributed by atoms with E-state index in [0.29, 0.717) is 24.7 Å². The molecule has 25 heavy (non-hydrogen) atoms. The number of fused-ring (bicyclic) bond motifs is 5. The summed E-state index contributed by atoms with van der Waals surface area (Å²) in [5.41, 5.74) is 0.979. The van der Waals surface area contributed by atoms with E-state index < -0.39 is 6.10 Å². The first-order valence-electron chi connectivity index (χ1n) is 9.87. The molecule has 4 heteroatoms.